The van der Waals surface area contributed by atoms with Crippen molar-refractivity contribution >= 4 is 17.4 Å². The van der Waals surface area contributed by atoms with Crippen LogP contribution in [0.5, 0.6) is 11.6 Å². The van der Waals surface area contributed by atoms with Gasteiger partial charge < -0.3 is 29.0 Å². The minimum atomic E-state index is -0.298. The molecule has 1 aromatic carbocycles. The summed E-state index contributed by atoms with van der Waals surface area (Å²) in [7, 11) is 1.64. The lowest BCUT2D eigenvalue weighted by atomic mass is 10.2. The quantitative estimate of drug-likeness (QED) is 0.567. The molecule has 1 aliphatic rings. The predicted octanol–water partition coefficient (Wildman–Crippen LogP) is 3.86. The number of carbonyl (C=O) groups excluding carboxylic acids is 1. The second-order valence-corrected chi connectivity index (χ2v) is 8.62. The van der Waals surface area contributed by atoms with Gasteiger partial charge in [0.15, 0.2) is 0 Å². The number of anilines is 2. The number of fused-ring (bicyclic) bond motifs is 1. The molecule has 0 radical (unpaired) electrons. The maximum Gasteiger partial charge on any atom is 0.220 e. The van der Waals surface area contributed by atoms with Crippen LogP contribution in [-0.4, -0.2) is 57.8 Å². The number of hydrogen-bond acceptors (Lipinski definition) is 7. The third-order valence-electron chi connectivity index (χ3n) is 5.51. The van der Waals surface area contributed by atoms with E-state index in [9.17, 15) is 4.79 Å². The van der Waals surface area contributed by atoms with Gasteiger partial charge >= 0.3 is 0 Å². The van der Waals surface area contributed by atoms with Crippen molar-refractivity contribution in [2.24, 2.45) is 0 Å². The molecule has 0 aliphatic carbocycles. The van der Waals surface area contributed by atoms with Crippen molar-refractivity contribution in [3.05, 3.63) is 54.1 Å². The molecule has 1 unspecified atom stereocenters. The molecule has 0 saturated carbocycles. The minimum absolute atomic E-state index is 0.00605. The van der Waals surface area contributed by atoms with E-state index in [0.29, 0.717) is 37.1 Å². The average Bonchev–Trinajstić information content (AvgIpc) is 3.14. The van der Waals surface area contributed by atoms with E-state index in [1.807, 2.05) is 61.9 Å². The van der Waals surface area contributed by atoms with Crippen LogP contribution < -0.4 is 14.8 Å². The van der Waals surface area contributed by atoms with E-state index in [1.54, 1.807) is 25.3 Å². The van der Waals surface area contributed by atoms with Gasteiger partial charge in [0.1, 0.15) is 17.7 Å². The van der Waals surface area contributed by atoms with Crippen LogP contribution in [0.4, 0.5) is 11.5 Å². The second kappa shape index (κ2) is 10.1. The van der Waals surface area contributed by atoms with Crippen LogP contribution >= 0.6 is 0 Å². The lowest BCUT2D eigenvalue weighted by Crippen LogP contribution is -2.38. The molecule has 0 fully saturated rings. The fourth-order valence-corrected chi connectivity index (χ4v) is 3.77. The SMILES string of the molecule is COc1cc(Nc2ccc3c(n2)OC(COC(C)C)CN(C(C)=O)C3)ccc1-n1cnc(C)c1. The van der Waals surface area contributed by atoms with Crippen molar-refractivity contribution < 1.29 is 19.0 Å². The number of rotatable bonds is 7. The fourth-order valence-electron chi connectivity index (χ4n) is 3.77. The average molecular weight is 466 g/mol. The van der Waals surface area contributed by atoms with E-state index in [2.05, 4.69) is 10.3 Å². The molecular formula is C25H31N5O4. The zero-order valence-corrected chi connectivity index (χ0v) is 20.2. The second-order valence-electron chi connectivity index (χ2n) is 8.62. The molecule has 34 heavy (non-hydrogen) atoms. The molecule has 0 bridgehead atoms. The van der Waals surface area contributed by atoms with E-state index < -0.39 is 0 Å². The number of benzene rings is 1. The van der Waals surface area contributed by atoms with Gasteiger partial charge in [-0.2, -0.15) is 4.98 Å². The Balaban J connectivity index is 1.57. The Labute approximate surface area is 199 Å². The summed E-state index contributed by atoms with van der Waals surface area (Å²) in [6.45, 7) is 8.74. The minimum Gasteiger partial charge on any atom is -0.494 e. The van der Waals surface area contributed by atoms with Gasteiger partial charge in [-0.25, -0.2) is 4.98 Å². The number of hydrogen-bond donors (Lipinski definition) is 1. The number of aromatic nitrogens is 3. The Bertz CT molecular complexity index is 1160. The van der Waals surface area contributed by atoms with E-state index in [0.717, 1.165) is 22.6 Å². The molecule has 3 heterocycles. The Morgan fingerprint density at radius 2 is 2.12 bits per heavy atom. The van der Waals surface area contributed by atoms with Crippen LogP contribution in [0, 0.1) is 6.92 Å². The van der Waals surface area contributed by atoms with Gasteiger partial charge in [-0.3, -0.25) is 4.79 Å². The molecule has 4 rings (SSSR count). The number of methoxy groups -OCH3 is 1. The third-order valence-corrected chi connectivity index (χ3v) is 5.51. The number of pyridine rings is 1. The number of nitrogens with one attached hydrogen (secondary N) is 1. The molecule has 9 heteroatoms. The molecule has 1 amide bonds. The van der Waals surface area contributed by atoms with Crippen molar-refractivity contribution in [1.29, 1.82) is 0 Å². The van der Waals surface area contributed by atoms with Crippen LogP contribution in [0.15, 0.2) is 42.9 Å². The van der Waals surface area contributed by atoms with Gasteiger partial charge in [0.2, 0.25) is 11.8 Å². The first kappa shape index (κ1) is 23.6. The zero-order chi connectivity index (χ0) is 24.2. The highest BCUT2D eigenvalue weighted by molar-refractivity contribution is 5.73. The molecule has 3 aromatic rings. The number of amides is 1. The topological polar surface area (TPSA) is 90.7 Å². The molecule has 1 aliphatic heterocycles. The Kier molecular flexibility index (Phi) is 7.02. The Hall–Kier alpha value is -3.59. The first-order valence-electron chi connectivity index (χ1n) is 11.3. The summed E-state index contributed by atoms with van der Waals surface area (Å²) in [5.41, 5.74) is 3.50. The smallest absolute Gasteiger partial charge is 0.220 e. The largest absolute Gasteiger partial charge is 0.494 e. The summed E-state index contributed by atoms with van der Waals surface area (Å²) >= 11 is 0. The van der Waals surface area contributed by atoms with Crippen molar-refractivity contribution in [1.82, 2.24) is 19.4 Å². The first-order chi connectivity index (χ1) is 16.3. The van der Waals surface area contributed by atoms with Gasteiger partial charge in [0.05, 0.1) is 50.6 Å². The highest BCUT2D eigenvalue weighted by Gasteiger charge is 2.26. The summed E-state index contributed by atoms with van der Waals surface area (Å²) in [5, 5.41) is 3.32. The molecule has 1 atom stereocenters. The molecule has 1 N–H and O–H groups in total. The van der Waals surface area contributed by atoms with Crippen LogP contribution in [0.3, 0.4) is 0 Å². The molecule has 0 saturated heterocycles. The summed E-state index contributed by atoms with van der Waals surface area (Å²) in [6.07, 6.45) is 3.48. The lowest BCUT2D eigenvalue weighted by molar-refractivity contribution is -0.130. The summed E-state index contributed by atoms with van der Waals surface area (Å²) in [5.74, 6) is 1.83. The highest BCUT2D eigenvalue weighted by Crippen LogP contribution is 2.30. The number of nitrogens with zero attached hydrogens (tertiary/aromatic N) is 4. The van der Waals surface area contributed by atoms with Crippen LogP contribution in [0.2, 0.25) is 0 Å². The number of imidazole rings is 1. The fraction of sp³-hybridized carbons (Fsp3) is 0.400. The molecule has 2 aromatic heterocycles. The zero-order valence-electron chi connectivity index (χ0n) is 20.2. The molecule has 180 valence electrons. The number of aryl methyl sites for hydroxylation is 1. The summed E-state index contributed by atoms with van der Waals surface area (Å²) < 4.78 is 19.5. The van der Waals surface area contributed by atoms with Crippen LogP contribution in [0.25, 0.3) is 5.69 Å². The van der Waals surface area contributed by atoms with Gasteiger partial charge in [-0.15, -0.1) is 0 Å². The third kappa shape index (κ3) is 5.48. The highest BCUT2D eigenvalue weighted by atomic mass is 16.5. The van der Waals surface area contributed by atoms with Crippen molar-refractivity contribution in [2.75, 3.05) is 25.6 Å². The van der Waals surface area contributed by atoms with Crippen molar-refractivity contribution in [3.8, 4) is 17.3 Å². The van der Waals surface area contributed by atoms with Gasteiger partial charge in [-0.1, -0.05) is 0 Å². The first-order valence-corrected chi connectivity index (χ1v) is 11.3. The molecule has 0 spiro atoms. The molecule has 9 nitrogen and oxygen atoms in total. The van der Waals surface area contributed by atoms with E-state index in [-0.39, 0.29) is 18.1 Å². The van der Waals surface area contributed by atoms with Crippen molar-refractivity contribution in [2.45, 2.75) is 46.4 Å². The molecular weight excluding hydrogens is 434 g/mol. The summed E-state index contributed by atoms with van der Waals surface area (Å²) in [4.78, 5) is 22.9. The van der Waals surface area contributed by atoms with E-state index >= 15 is 0 Å². The van der Waals surface area contributed by atoms with Crippen molar-refractivity contribution in [3.63, 3.8) is 0 Å². The maximum atomic E-state index is 12.1. The standard InChI is InChI=1S/C25H31N5O4/c1-16(2)33-14-21-13-29(18(4)31)12-19-6-9-24(28-25(19)34-21)27-20-7-8-22(23(10-20)32-5)30-11-17(3)26-15-30/h6-11,15-16,21H,12-14H2,1-5H3,(H,27,28). The maximum absolute atomic E-state index is 12.1. The van der Waals surface area contributed by atoms with Gasteiger partial charge in [0, 0.05) is 30.4 Å². The van der Waals surface area contributed by atoms with Crippen LogP contribution in [-0.2, 0) is 16.1 Å². The summed E-state index contributed by atoms with van der Waals surface area (Å²) in [6, 6.07) is 9.65. The van der Waals surface area contributed by atoms with Crippen LogP contribution in [0.1, 0.15) is 32.0 Å². The monoisotopic (exact) mass is 465 g/mol. The van der Waals surface area contributed by atoms with E-state index in [4.69, 9.17) is 19.2 Å². The Morgan fingerprint density at radius 1 is 1.29 bits per heavy atom. The number of ether oxygens (including phenoxy) is 3. The lowest BCUT2D eigenvalue weighted by Gasteiger charge is -2.23. The normalized spacial score (nSPS) is 15.5. The van der Waals surface area contributed by atoms with E-state index in [1.165, 1.54) is 0 Å². The van der Waals surface area contributed by atoms with Gasteiger partial charge in [-0.05, 0) is 45.0 Å². The van der Waals surface area contributed by atoms with Gasteiger partial charge in [0.25, 0.3) is 0 Å². The predicted molar refractivity (Wildman–Crippen MR) is 129 cm³/mol. The number of carbonyl (C=O) groups is 1. The Morgan fingerprint density at radius 3 is 2.79 bits per heavy atom.